The molecule has 1 fully saturated rings. The lowest BCUT2D eigenvalue weighted by Crippen LogP contribution is -2.33. The third-order valence-electron chi connectivity index (χ3n) is 3.25. The van der Waals surface area contributed by atoms with Gasteiger partial charge in [0.1, 0.15) is 5.82 Å². The largest absolute Gasteiger partial charge is 0.310 e. The first-order valence-corrected chi connectivity index (χ1v) is 6.78. The maximum atomic E-state index is 13.5. The molecule has 0 heterocycles. The summed E-state index contributed by atoms with van der Waals surface area (Å²) in [6.07, 6.45) is 4.21. The van der Waals surface area contributed by atoms with Gasteiger partial charge in [-0.15, -0.1) is 11.6 Å². The Bertz CT molecular complexity index is 376. The lowest BCUT2D eigenvalue weighted by Gasteiger charge is -2.26. The van der Waals surface area contributed by atoms with Crippen LogP contribution in [0.5, 0.6) is 0 Å². The fourth-order valence-corrected chi connectivity index (χ4v) is 2.64. The minimum atomic E-state index is -0.201. The van der Waals surface area contributed by atoms with Gasteiger partial charge in [-0.1, -0.05) is 11.6 Å². The van der Waals surface area contributed by atoms with E-state index in [1.54, 1.807) is 12.1 Å². The van der Waals surface area contributed by atoms with Crippen LogP contribution in [0.4, 0.5) is 4.39 Å². The SMILES string of the molecule is Fc1ccc(Cl)cc1CNC1CCC(Cl)CC1. The van der Waals surface area contributed by atoms with Crippen LogP contribution >= 0.6 is 23.2 Å². The molecule has 1 saturated carbocycles. The third-order valence-corrected chi connectivity index (χ3v) is 3.92. The zero-order chi connectivity index (χ0) is 12.3. The molecule has 0 atom stereocenters. The predicted octanol–water partition coefficient (Wildman–Crippen LogP) is 4.12. The van der Waals surface area contributed by atoms with E-state index in [9.17, 15) is 4.39 Å². The Morgan fingerprint density at radius 1 is 1.24 bits per heavy atom. The van der Waals surface area contributed by atoms with Crippen LogP contribution in [0, 0.1) is 5.82 Å². The molecular weight excluding hydrogens is 260 g/mol. The van der Waals surface area contributed by atoms with Crippen LogP contribution in [0.3, 0.4) is 0 Å². The molecule has 1 aromatic rings. The molecule has 1 aliphatic rings. The molecule has 0 bridgehead atoms. The van der Waals surface area contributed by atoms with Crippen molar-refractivity contribution >= 4 is 23.2 Å². The number of benzene rings is 1. The van der Waals surface area contributed by atoms with Crippen molar-refractivity contribution in [2.24, 2.45) is 0 Å². The van der Waals surface area contributed by atoms with Gasteiger partial charge < -0.3 is 5.32 Å². The molecule has 0 aromatic heterocycles. The molecule has 0 radical (unpaired) electrons. The molecule has 1 N–H and O–H groups in total. The highest BCUT2D eigenvalue weighted by Gasteiger charge is 2.19. The highest BCUT2D eigenvalue weighted by atomic mass is 35.5. The third kappa shape index (κ3) is 3.84. The summed E-state index contributed by atoms with van der Waals surface area (Å²) in [5.74, 6) is -0.201. The number of halogens is 3. The molecule has 1 aliphatic carbocycles. The van der Waals surface area contributed by atoms with Crippen LogP contribution in [0.2, 0.25) is 5.02 Å². The number of nitrogens with one attached hydrogen (secondary N) is 1. The van der Waals surface area contributed by atoms with E-state index in [1.165, 1.54) is 6.07 Å². The molecule has 2 rings (SSSR count). The fourth-order valence-electron chi connectivity index (χ4n) is 2.19. The zero-order valence-electron chi connectivity index (χ0n) is 9.56. The molecule has 0 amide bonds. The average molecular weight is 276 g/mol. The van der Waals surface area contributed by atoms with Gasteiger partial charge in [0.25, 0.3) is 0 Å². The zero-order valence-corrected chi connectivity index (χ0v) is 11.1. The van der Waals surface area contributed by atoms with E-state index in [2.05, 4.69) is 5.32 Å². The second-order valence-corrected chi connectivity index (χ2v) is 5.62. The highest BCUT2D eigenvalue weighted by molar-refractivity contribution is 6.30. The lowest BCUT2D eigenvalue weighted by molar-refractivity contribution is 0.374. The second-order valence-electron chi connectivity index (χ2n) is 4.57. The van der Waals surface area contributed by atoms with Gasteiger partial charge in [0.05, 0.1) is 0 Å². The van der Waals surface area contributed by atoms with Crippen LogP contribution in [-0.4, -0.2) is 11.4 Å². The summed E-state index contributed by atoms with van der Waals surface area (Å²) in [4.78, 5) is 0. The number of hydrogen-bond acceptors (Lipinski definition) is 1. The topological polar surface area (TPSA) is 12.0 Å². The van der Waals surface area contributed by atoms with Crippen molar-refractivity contribution in [1.29, 1.82) is 0 Å². The summed E-state index contributed by atoms with van der Waals surface area (Å²) < 4.78 is 13.5. The van der Waals surface area contributed by atoms with E-state index in [-0.39, 0.29) is 5.82 Å². The van der Waals surface area contributed by atoms with Gasteiger partial charge in [-0.25, -0.2) is 4.39 Å². The van der Waals surface area contributed by atoms with Gasteiger partial charge in [-0.3, -0.25) is 0 Å². The van der Waals surface area contributed by atoms with Crippen molar-refractivity contribution in [1.82, 2.24) is 5.32 Å². The molecule has 4 heteroatoms. The molecule has 0 unspecified atom stereocenters. The first-order chi connectivity index (χ1) is 8.15. The van der Waals surface area contributed by atoms with Gasteiger partial charge in [-0.2, -0.15) is 0 Å². The van der Waals surface area contributed by atoms with Crippen molar-refractivity contribution in [3.63, 3.8) is 0 Å². The quantitative estimate of drug-likeness (QED) is 0.819. The van der Waals surface area contributed by atoms with E-state index in [1.807, 2.05) is 0 Å². The lowest BCUT2D eigenvalue weighted by atomic mass is 9.95. The van der Waals surface area contributed by atoms with Crippen molar-refractivity contribution in [2.45, 2.75) is 43.6 Å². The molecular formula is C13H16Cl2FN. The summed E-state index contributed by atoms with van der Waals surface area (Å²) in [6.45, 7) is 0.532. The number of rotatable bonds is 3. The Kier molecular flexibility index (Phi) is 4.66. The van der Waals surface area contributed by atoms with Gasteiger partial charge in [0.15, 0.2) is 0 Å². The molecule has 0 aliphatic heterocycles. The van der Waals surface area contributed by atoms with Crippen LogP contribution in [0.15, 0.2) is 18.2 Å². The van der Waals surface area contributed by atoms with Gasteiger partial charge >= 0.3 is 0 Å². The summed E-state index contributed by atoms with van der Waals surface area (Å²) in [7, 11) is 0. The molecule has 0 saturated heterocycles. The van der Waals surface area contributed by atoms with E-state index < -0.39 is 0 Å². The Morgan fingerprint density at radius 3 is 2.65 bits per heavy atom. The fraction of sp³-hybridized carbons (Fsp3) is 0.538. The first-order valence-electron chi connectivity index (χ1n) is 5.96. The van der Waals surface area contributed by atoms with Gasteiger partial charge in [0, 0.05) is 28.5 Å². The van der Waals surface area contributed by atoms with Crippen LogP contribution < -0.4 is 5.32 Å². The maximum Gasteiger partial charge on any atom is 0.127 e. The van der Waals surface area contributed by atoms with Crippen molar-refractivity contribution < 1.29 is 4.39 Å². The minimum absolute atomic E-state index is 0.201. The molecule has 94 valence electrons. The first kappa shape index (κ1) is 13.1. The molecule has 0 spiro atoms. The van der Waals surface area contributed by atoms with Crippen molar-refractivity contribution in [2.75, 3.05) is 0 Å². The van der Waals surface area contributed by atoms with Crippen molar-refractivity contribution in [3.05, 3.63) is 34.6 Å². The minimum Gasteiger partial charge on any atom is -0.310 e. The molecule has 1 aromatic carbocycles. The smallest absolute Gasteiger partial charge is 0.127 e. The summed E-state index contributed by atoms with van der Waals surface area (Å²) in [5.41, 5.74) is 0.630. The predicted molar refractivity (Wildman–Crippen MR) is 70.1 cm³/mol. The molecule has 17 heavy (non-hydrogen) atoms. The van der Waals surface area contributed by atoms with Crippen LogP contribution in [0.1, 0.15) is 31.2 Å². The van der Waals surface area contributed by atoms with E-state index in [4.69, 9.17) is 23.2 Å². The highest BCUT2D eigenvalue weighted by Crippen LogP contribution is 2.23. The van der Waals surface area contributed by atoms with E-state index in [0.29, 0.717) is 28.5 Å². The Hall–Kier alpha value is -0.310. The van der Waals surface area contributed by atoms with Crippen LogP contribution in [0.25, 0.3) is 0 Å². The second kappa shape index (κ2) is 6.03. The Balaban J connectivity index is 1.87. The summed E-state index contributed by atoms with van der Waals surface area (Å²) in [6, 6.07) is 5.11. The summed E-state index contributed by atoms with van der Waals surface area (Å²) >= 11 is 11.9. The monoisotopic (exact) mass is 275 g/mol. The normalized spacial score (nSPS) is 24.9. The summed E-state index contributed by atoms with van der Waals surface area (Å²) in [5, 5.41) is 4.26. The van der Waals surface area contributed by atoms with Gasteiger partial charge in [-0.05, 0) is 43.9 Å². The van der Waals surface area contributed by atoms with E-state index in [0.717, 1.165) is 25.7 Å². The Labute approximate surface area is 111 Å². The number of hydrogen-bond donors (Lipinski definition) is 1. The number of alkyl halides is 1. The standard InChI is InChI=1S/C13H16Cl2FN/c14-10-1-4-12(5-2-10)17-8-9-7-11(15)3-6-13(9)16/h3,6-7,10,12,17H,1-2,4-5,8H2. The van der Waals surface area contributed by atoms with Crippen molar-refractivity contribution in [3.8, 4) is 0 Å². The van der Waals surface area contributed by atoms with E-state index >= 15 is 0 Å². The average Bonchev–Trinajstić information content (AvgIpc) is 2.32. The van der Waals surface area contributed by atoms with Crippen LogP contribution in [-0.2, 0) is 6.54 Å². The van der Waals surface area contributed by atoms with Gasteiger partial charge in [0.2, 0.25) is 0 Å². The maximum absolute atomic E-state index is 13.5. The Morgan fingerprint density at radius 2 is 1.94 bits per heavy atom. The molecule has 1 nitrogen and oxygen atoms in total.